The smallest absolute Gasteiger partial charge is 0.416 e. The average Bonchev–Trinajstić information content (AvgIpc) is 2.86. The van der Waals surface area contributed by atoms with E-state index in [-0.39, 0.29) is 11.3 Å². The third-order valence-electron chi connectivity index (χ3n) is 2.90. The highest BCUT2D eigenvalue weighted by Crippen LogP contribution is 2.34. The lowest BCUT2D eigenvalue weighted by atomic mass is 10.1. The first-order valence-electron chi connectivity index (χ1n) is 6.43. The molecule has 2 aromatic rings. The summed E-state index contributed by atoms with van der Waals surface area (Å²) in [7, 11) is 0. The normalized spacial score (nSPS) is 11.9. The van der Waals surface area contributed by atoms with Crippen LogP contribution < -0.4 is 5.32 Å². The summed E-state index contributed by atoms with van der Waals surface area (Å²) in [5, 5.41) is 3.04. The molecule has 3 nitrogen and oxygen atoms in total. The Morgan fingerprint density at radius 1 is 1.29 bits per heavy atom. The number of nitrogens with one attached hydrogen (secondary N) is 1. The van der Waals surface area contributed by atoms with Crippen molar-refractivity contribution in [3.05, 3.63) is 41.7 Å². The van der Waals surface area contributed by atoms with Crippen molar-refractivity contribution in [2.75, 3.05) is 6.54 Å². The summed E-state index contributed by atoms with van der Waals surface area (Å²) in [6.07, 6.45) is -2.55. The number of benzene rings is 1. The van der Waals surface area contributed by atoms with Crippen molar-refractivity contribution in [1.82, 2.24) is 10.3 Å². The van der Waals surface area contributed by atoms with Gasteiger partial charge in [-0.2, -0.15) is 13.2 Å². The SMILES string of the molecule is CCCNCc1ncoc1-c1cc(C(F)(F)F)ccc1F. The van der Waals surface area contributed by atoms with Gasteiger partial charge in [-0.15, -0.1) is 0 Å². The fourth-order valence-corrected chi connectivity index (χ4v) is 1.87. The molecule has 7 heteroatoms. The second kappa shape index (κ2) is 6.26. The molecule has 0 saturated heterocycles. The fraction of sp³-hybridized carbons (Fsp3) is 0.357. The summed E-state index contributed by atoms with van der Waals surface area (Å²) < 4.78 is 57.0. The first-order valence-corrected chi connectivity index (χ1v) is 6.43. The third-order valence-corrected chi connectivity index (χ3v) is 2.90. The zero-order chi connectivity index (χ0) is 15.5. The maximum Gasteiger partial charge on any atom is 0.416 e. The molecule has 1 aromatic heterocycles. The molecule has 0 fully saturated rings. The molecule has 0 bridgehead atoms. The van der Waals surface area contributed by atoms with Gasteiger partial charge in [-0.3, -0.25) is 0 Å². The van der Waals surface area contributed by atoms with E-state index in [9.17, 15) is 17.6 Å². The first-order chi connectivity index (χ1) is 9.93. The summed E-state index contributed by atoms with van der Waals surface area (Å²) in [6.45, 7) is 3.00. The highest BCUT2D eigenvalue weighted by Gasteiger charge is 2.32. The van der Waals surface area contributed by atoms with Gasteiger partial charge in [0.05, 0.1) is 11.1 Å². The molecule has 0 unspecified atom stereocenters. The topological polar surface area (TPSA) is 38.1 Å². The van der Waals surface area contributed by atoms with Gasteiger partial charge in [0.1, 0.15) is 11.5 Å². The molecule has 0 aliphatic heterocycles. The molecule has 0 spiro atoms. The maximum atomic E-state index is 13.8. The Morgan fingerprint density at radius 2 is 2.05 bits per heavy atom. The number of hydrogen-bond donors (Lipinski definition) is 1. The van der Waals surface area contributed by atoms with Gasteiger partial charge in [0.15, 0.2) is 12.2 Å². The van der Waals surface area contributed by atoms with Crippen molar-refractivity contribution in [2.24, 2.45) is 0 Å². The molecule has 0 atom stereocenters. The Labute approximate surface area is 119 Å². The number of aromatic nitrogens is 1. The predicted octanol–water partition coefficient (Wildman–Crippen LogP) is 4.00. The van der Waals surface area contributed by atoms with Crippen LogP contribution in [0.5, 0.6) is 0 Å². The molecule has 1 heterocycles. The summed E-state index contributed by atoms with van der Waals surface area (Å²) in [5.41, 5.74) is -0.792. The molecule has 0 saturated carbocycles. The second-order valence-corrected chi connectivity index (χ2v) is 4.50. The minimum absolute atomic E-state index is 0.0159. The van der Waals surface area contributed by atoms with Crippen LogP contribution in [0.1, 0.15) is 24.6 Å². The lowest BCUT2D eigenvalue weighted by molar-refractivity contribution is -0.137. The Bertz CT molecular complexity index is 607. The highest BCUT2D eigenvalue weighted by molar-refractivity contribution is 5.61. The van der Waals surface area contributed by atoms with Crippen molar-refractivity contribution in [1.29, 1.82) is 0 Å². The lowest BCUT2D eigenvalue weighted by Gasteiger charge is -2.09. The monoisotopic (exact) mass is 302 g/mol. The minimum atomic E-state index is -4.54. The van der Waals surface area contributed by atoms with E-state index in [1.54, 1.807) is 0 Å². The summed E-state index contributed by atoms with van der Waals surface area (Å²) in [5.74, 6) is -0.765. The van der Waals surface area contributed by atoms with Crippen LogP contribution in [0.2, 0.25) is 0 Å². The highest BCUT2D eigenvalue weighted by atomic mass is 19.4. The second-order valence-electron chi connectivity index (χ2n) is 4.50. The van der Waals surface area contributed by atoms with Crippen molar-refractivity contribution in [2.45, 2.75) is 26.1 Å². The molecule has 0 aliphatic carbocycles. The number of alkyl halides is 3. The van der Waals surface area contributed by atoms with Crippen LogP contribution >= 0.6 is 0 Å². The fourth-order valence-electron chi connectivity index (χ4n) is 1.87. The molecule has 1 aromatic carbocycles. The molecule has 2 rings (SSSR count). The number of nitrogens with zero attached hydrogens (tertiary/aromatic N) is 1. The average molecular weight is 302 g/mol. The van der Waals surface area contributed by atoms with E-state index in [4.69, 9.17) is 4.42 Å². The van der Waals surface area contributed by atoms with E-state index in [0.717, 1.165) is 31.5 Å². The zero-order valence-corrected chi connectivity index (χ0v) is 11.3. The van der Waals surface area contributed by atoms with E-state index in [0.29, 0.717) is 18.3 Å². The molecule has 0 amide bonds. The van der Waals surface area contributed by atoms with Crippen LogP contribution in [0.25, 0.3) is 11.3 Å². The van der Waals surface area contributed by atoms with Crippen LogP contribution in [-0.4, -0.2) is 11.5 Å². The largest absolute Gasteiger partial charge is 0.443 e. The van der Waals surface area contributed by atoms with Crippen LogP contribution in [0.4, 0.5) is 17.6 Å². The maximum absolute atomic E-state index is 13.8. The van der Waals surface area contributed by atoms with E-state index < -0.39 is 17.6 Å². The summed E-state index contributed by atoms with van der Waals surface area (Å²) >= 11 is 0. The minimum Gasteiger partial charge on any atom is -0.443 e. The van der Waals surface area contributed by atoms with Crippen LogP contribution in [-0.2, 0) is 12.7 Å². The number of oxazole rings is 1. The van der Waals surface area contributed by atoms with Gasteiger partial charge in [0.2, 0.25) is 0 Å². The molecule has 21 heavy (non-hydrogen) atoms. The Hall–Kier alpha value is -1.89. The number of halogens is 4. The zero-order valence-electron chi connectivity index (χ0n) is 11.3. The van der Waals surface area contributed by atoms with Gasteiger partial charge in [0.25, 0.3) is 0 Å². The molecule has 0 aliphatic rings. The Kier molecular flexibility index (Phi) is 4.62. The van der Waals surface area contributed by atoms with Crippen molar-refractivity contribution < 1.29 is 22.0 Å². The van der Waals surface area contributed by atoms with Crippen molar-refractivity contribution in [3.63, 3.8) is 0 Å². The third kappa shape index (κ3) is 3.60. The van der Waals surface area contributed by atoms with E-state index >= 15 is 0 Å². The molecular weight excluding hydrogens is 288 g/mol. The summed E-state index contributed by atoms with van der Waals surface area (Å²) in [4.78, 5) is 3.92. The van der Waals surface area contributed by atoms with Gasteiger partial charge >= 0.3 is 6.18 Å². The van der Waals surface area contributed by atoms with Gasteiger partial charge in [0, 0.05) is 6.54 Å². The Balaban J connectivity index is 2.36. The van der Waals surface area contributed by atoms with Crippen molar-refractivity contribution >= 4 is 0 Å². The summed E-state index contributed by atoms with van der Waals surface area (Å²) in [6, 6.07) is 2.22. The van der Waals surface area contributed by atoms with Crippen LogP contribution in [0, 0.1) is 5.82 Å². The van der Waals surface area contributed by atoms with Crippen molar-refractivity contribution in [3.8, 4) is 11.3 Å². The van der Waals surface area contributed by atoms with E-state index in [2.05, 4.69) is 10.3 Å². The standard InChI is InChI=1S/C14H14F4N2O/c1-2-5-19-7-12-13(21-8-20-12)10-6-9(14(16,17)18)3-4-11(10)15/h3-4,6,8,19H,2,5,7H2,1H3. The lowest BCUT2D eigenvalue weighted by Crippen LogP contribution is -2.14. The molecule has 0 radical (unpaired) electrons. The van der Waals surface area contributed by atoms with Gasteiger partial charge in [-0.05, 0) is 31.2 Å². The molecule has 114 valence electrons. The van der Waals surface area contributed by atoms with Gasteiger partial charge in [-0.1, -0.05) is 6.92 Å². The molecule has 1 N–H and O–H groups in total. The quantitative estimate of drug-likeness (QED) is 0.670. The predicted molar refractivity (Wildman–Crippen MR) is 68.9 cm³/mol. The van der Waals surface area contributed by atoms with E-state index in [1.807, 2.05) is 6.92 Å². The first kappa shape index (κ1) is 15.5. The van der Waals surface area contributed by atoms with Crippen LogP contribution in [0.3, 0.4) is 0 Å². The van der Waals surface area contributed by atoms with Crippen LogP contribution in [0.15, 0.2) is 29.0 Å². The Morgan fingerprint density at radius 3 is 2.71 bits per heavy atom. The van der Waals surface area contributed by atoms with Gasteiger partial charge in [-0.25, -0.2) is 9.37 Å². The number of rotatable bonds is 5. The van der Waals surface area contributed by atoms with E-state index in [1.165, 1.54) is 0 Å². The number of hydrogen-bond acceptors (Lipinski definition) is 3. The van der Waals surface area contributed by atoms with Gasteiger partial charge < -0.3 is 9.73 Å². The molecular formula is C14H14F4N2O.